The highest BCUT2D eigenvalue weighted by Crippen LogP contribution is 2.67. The van der Waals surface area contributed by atoms with Gasteiger partial charge in [-0.1, -0.05) is 50.6 Å². The van der Waals surface area contributed by atoms with Gasteiger partial charge in [-0.25, -0.2) is 0 Å². The molecule has 1 aromatic rings. The van der Waals surface area contributed by atoms with Crippen molar-refractivity contribution in [2.24, 2.45) is 40.4 Å². The number of aliphatic hydroxyl groups is 1. The second-order valence-electron chi connectivity index (χ2n) is 11.7. The molecule has 9 atom stereocenters. The first-order chi connectivity index (χ1) is 14.8. The Balaban J connectivity index is 1.34. The summed E-state index contributed by atoms with van der Waals surface area (Å²) in [6.07, 6.45) is 12.0. The fraction of sp³-hybridized carbons (Fsp3) is 0.714. The summed E-state index contributed by atoms with van der Waals surface area (Å²) < 4.78 is 13.0. The van der Waals surface area contributed by atoms with Gasteiger partial charge in [0.2, 0.25) is 0 Å². The second-order valence-corrected chi connectivity index (χ2v) is 13.2. The fourth-order valence-corrected chi connectivity index (χ4v) is 10.0. The zero-order chi connectivity index (χ0) is 21.8. The summed E-state index contributed by atoms with van der Waals surface area (Å²) in [7, 11) is -0.897. The molecule has 0 aromatic heterocycles. The van der Waals surface area contributed by atoms with E-state index in [0.29, 0.717) is 22.7 Å². The molecule has 170 valence electrons. The molecule has 8 unspecified atom stereocenters. The van der Waals surface area contributed by atoms with Crippen LogP contribution >= 0.6 is 0 Å². The van der Waals surface area contributed by atoms with Crippen LogP contribution in [0.15, 0.2) is 46.9 Å². The molecule has 5 rings (SSSR count). The third-order valence-electron chi connectivity index (χ3n) is 10.3. The molecular weight excluding hydrogens is 400 g/mol. The van der Waals surface area contributed by atoms with Crippen molar-refractivity contribution >= 4 is 10.8 Å². The lowest BCUT2D eigenvalue weighted by molar-refractivity contribution is -0.0553. The molecule has 0 radical (unpaired) electrons. The van der Waals surface area contributed by atoms with Gasteiger partial charge in [0.15, 0.2) is 0 Å². The average Bonchev–Trinajstić information content (AvgIpc) is 3.12. The van der Waals surface area contributed by atoms with Crippen molar-refractivity contribution in [3.63, 3.8) is 0 Å². The third kappa shape index (κ3) is 3.59. The SMILES string of the molecule is C[C@H](CS(=O)c1ccccc1)C1CCC2C3CC=C4CC(O)CCC4(C)C3CCC21C. The summed E-state index contributed by atoms with van der Waals surface area (Å²) in [6.45, 7) is 7.47. The summed E-state index contributed by atoms with van der Waals surface area (Å²) in [5.41, 5.74) is 2.29. The molecule has 0 heterocycles. The minimum atomic E-state index is -0.897. The van der Waals surface area contributed by atoms with Gasteiger partial charge in [-0.15, -0.1) is 0 Å². The highest BCUT2D eigenvalue weighted by atomic mass is 32.2. The van der Waals surface area contributed by atoms with Crippen LogP contribution in [-0.2, 0) is 10.8 Å². The van der Waals surface area contributed by atoms with E-state index < -0.39 is 10.8 Å². The Kier molecular flexibility index (Phi) is 5.74. The lowest BCUT2D eigenvalue weighted by atomic mass is 9.47. The van der Waals surface area contributed by atoms with E-state index in [-0.39, 0.29) is 6.10 Å². The van der Waals surface area contributed by atoms with Gasteiger partial charge in [-0.2, -0.15) is 0 Å². The highest BCUT2D eigenvalue weighted by Gasteiger charge is 2.59. The molecule has 4 aliphatic rings. The minimum Gasteiger partial charge on any atom is -0.393 e. The molecule has 2 nitrogen and oxygen atoms in total. The van der Waals surface area contributed by atoms with E-state index in [1.165, 1.54) is 38.5 Å². The normalized spacial score (nSPS) is 43.9. The Morgan fingerprint density at radius 3 is 2.61 bits per heavy atom. The van der Waals surface area contributed by atoms with E-state index in [2.05, 4.69) is 26.8 Å². The Morgan fingerprint density at radius 2 is 1.84 bits per heavy atom. The Labute approximate surface area is 191 Å². The van der Waals surface area contributed by atoms with Crippen LogP contribution in [0, 0.1) is 40.4 Å². The smallest absolute Gasteiger partial charge is 0.0577 e. The third-order valence-corrected chi connectivity index (χ3v) is 11.9. The van der Waals surface area contributed by atoms with Gasteiger partial charge in [0, 0.05) is 10.6 Å². The zero-order valence-corrected chi connectivity index (χ0v) is 20.4. The molecule has 0 bridgehead atoms. The molecule has 0 spiro atoms. The van der Waals surface area contributed by atoms with Crippen LogP contribution in [0.25, 0.3) is 0 Å². The lowest BCUT2D eigenvalue weighted by Crippen LogP contribution is -2.51. The average molecular weight is 441 g/mol. The Bertz CT molecular complexity index is 863. The highest BCUT2D eigenvalue weighted by molar-refractivity contribution is 7.85. The number of hydrogen-bond donors (Lipinski definition) is 1. The number of fused-ring (bicyclic) bond motifs is 5. The van der Waals surface area contributed by atoms with Gasteiger partial charge >= 0.3 is 0 Å². The lowest BCUT2D eigenvalue weighted by Gasteiger charge is -2.58. The van der Waals surface area contributed by atoms with Crippen molar-refractivity contribution in [2.75, 3.05) is 5.75 Å². The predicted octanol–water partition coefficient (Wildman–Crippen LogP) is 6.37. The van der Waals surface area contributed by atoms with Gasteiger partial charge in [-0.05, 0) is 104 Å². The van der Waals surface area contributed by atoms with Gasteiger partial charge < -0.3 is 5.11 Å². The van der Waals surface area contributed by atoms with Crippen LogP contribution in [0.1, 0.15) is 72.1 Å². The van der Waals surface area contributed by atoms with Crippen molar-refractivity contribution in [2.45, 2.75) is 83.1 Å². The van der Waals surface area contributed by atoms with Gasteiger partial charge in [0.25, 0.3) is 0 Å². The predicted molar refractivity (Wildman–Crippen MR) is 128 cm³/mol. The van der Waals surface area contributed by atoms with Crippen LogP contribution in [0.2, 0.25) is 0 Å². The number of benzene rings is 1. The summed E-state index contributed by atoms with van der Waals surface area (Å²) in [5.74, 6) is 4.40. The van der Waals surface area contributed by atoms with E-state index in [4.69, 9.17) is 0 Å². The number of aliphatic hydroxyl groups excluding tert-OH is 1. The molecule has 31 heavy (non-hydrogen) atoms. The second kappa shape index (κ2) is 8.13. The quantitative estimate of drug-likeness (QED) is 0.552. The Hall–Kier alpha value is -0.930. The summed E-state index contributed by atoms with van der Waals surface area (Å²) >= 11 is 0. The summed E-state index contributed by atoms with van der Waals surface area (Å²) in [6, 6.07) is 10.0. The van der Waals surface area contributed by atoms with Crippen molar-refractivity contribution in [3.05, 3.63) is 42.0 Å². The van der Waals surface area contributed by atoms with E-state index in [1.807, 2.05) is 30.3 Å². The minimum absolute atomic E-state index is 0.119. The van der Waals surface area contributed by atoms with Crippen molar-refractivity contribution in [1.29, 1.82) is 0 Å². The number of rotatable bonds is 4. The Morgan fingerprint density at radius 1 is 1.06 bits per heavy atom. The zero-order valence-electron chi connectivity index (χ0n) is 19.6. The van der Waals surface area contributed by atoms with Crippen molar-refractivity contribution in [3.8, 4) is 0 Å². The topological polar surface area (TPSA) is 37.3 Å². The molecule has 1 N–H and O–H groups in total. The van der Waals surface area contributed by atoms with E-state index in [9.17, 15) is 9.32 Å². The molecule has 0 aliphatic heterocycles. The van der Waals surface area contributed by atoms with Crippen molar-refractivity contribution < 1.29 is 9.32 Å². The molecule has 4 aliphatic carbocycles. The number of hydrogen-bond acceptors (Lipinski definition) is 2. The van der Waals surface area contributed by atoms with Crippen LogP contribution in [0.4, 0.5) is 0 Å². The van der Waals surface area contributed by atoms with Crippen LogP contribution < -0.4 is 0 Å². The summed E-state index contributed by atoms with van der Waals surface area (Å²) in [5, 5.41) is 10.2. The number of allylic oxidation sites excluding steroid dienone is 1. The largest absolute Gasteiger partial charge is 0.393 e. The van der Waals surface area contributed by atoms with E-state index >= 15 is 0 Å². The fourth-order valence-electron chi connectivity index (χ4n) is 8.64. The maximum absolute atomic E-state index is 13.0. The van der Waals surface area contributed by atoms with Gasteiger partial charge in [0.1, 0.15) is 0 Å². The molecule has 0 amide bonds. The molecule has 0 saturated heterocycles. The van der Waals surface area contributed by atoms with E-state index in [1.54, 1.807) is 5.57 Å². The van der Waals surface area contributed by atoms with Gasteiger partial charge in [-0.3, -0.25) is 4.21 Å². The van der Waals surface area contributed by atoms with Crippen molar-refractivity contribution in [1.82, 2.24) is 0 Å². The van der Waals surface area contributed by atoms with Crippen LogP contribution in [-0.4, -0.2) is 21.2 Å². The first-order valence-corrected chi connectivity index (χ1v) is 14.0. The van der Waals surface area contributed by atoms with Crippen LogP contribution in [0.3, 0.4) is 0 Å². The molecular formula is C28H40O2S. The van der Waals surface area contributed by atoms with Gasteiger partial charge in [0.05, 0.1) is 16.9 Å². The molecule has 3 fully saturated rings. The molecule has 3 heteroatoms. The monoisotopic (exact) mass is 440 g/mol. The standard InChI is InChI=1S/C28H40O2S/c1-19(18-31(30)22-7-5-4-6-8-22)24-11-12-25-23-10-9-20-17-21(29)13-15-27(20,2)26(23)14-16-28(24,25)3/h4-9,19,21,23-26,29H,10-18H2,1-3H3/t19-,21?,23?,24?,25?,26?,27?,28?,31?/m1/s1. The van der Waals surface area contributed by atoms with E-state index in [0.717, 1.165) is 41.2 Å². The molecule has 3 saturated carbocycles. The first-order valence-electron chi connectivity index (χ1n) is 12.6. The van der Waals surface area contributed by atoms with Crippen LogP contribution in [0.5, 0.6) is 0 Å². The maximum atomic E-state index is 13.0. The summed E-state index contributed by atoms with van der Waals surface area (Å²) in [4.78, 5) is 0.982. The first kappa shape index (κ1) is 21.9. The maximum Gasteiger partial charge on any atom is 0.0577 e. The molecule has 1 aromatic carbocycles.